The molecule has 98 valence electrons. The normalized spacial score (nSPS) is 14.8. The molecular formula is C12H16N2O3S. The van der Waals surface area contributed by atoms with Crippen molar-refractivity contribution in [1.29, 1.82) is 0 Å². The molecule has 0 atom stereocenters. The number of benzene rings is 1. The lowest BCUT2D eigenvalue weighted by Crippen LogP contribution is -2.25. The van der Waals surface area contributed by atoms with E-state index in [0.717, 1.165) is 11.3 Å². The first kappa shape index (κ1) is 12.9. The summed E-state index contributed by atoms with van der Waals surface area (Å²) >= 11 is 0. The number of likely N-dealkylation sites (N-methyl/N-ethyl adjacent to an activating group) is 1. The number of nitrogens with one attached hydrogen (secondary N) is 1. The van der Waals surface area contributed by atoms with Crippen LogP contribution in [0.4, 0.5) is 11.4 Å². The number of carbonyl (C=O) groups is 1. The van der Waals surface area contributed by atoms with Gasteiger partial charge in [0.1, 0.15) is 0 Å². The summed E-state index contributed by atoms with van der Waals surface area (Å²) in [5, 5.41) is 0. The van der Waals surface area contributed by atoms with E-state index in [9.17, 15) is 13.2 Å². The summed E-state index contributed by atoms with van der Waals surface area (Å²) < 4.78 is 25.4. The molecule has 0 unspecified atom stereocenters. The second-order valence-electron chi connectivity index (χ2n) is 4.16. The standard InChI is InChI=1S/C12H16N2O3S/c1-3-14-11-6-5-10(13-18(16,17)4-2)7-9(11)8-12(14)15/h5-7,13H,3-4,8H2,1-2H3. The molecule has 0 spiro atoms. The third-order valence-electron chi connectivity index (χ3n) is 2.98. The topological polar surface area (TPSA) is 66.5 Å². The van der Waals surface area contributed by atoms with Gasteiger partial charge in [0.15, 0.2) is 0 Å². The molecule has 0 saturated carbocycles. The van der Waals surface area contributed by atoms with E-state index >= 15 is 0 Å². The van der Waals surface area contributed by atoms with Gasteiger partial charge in [-0.3, -0.25) is 9.52 Å². The molecule has 5 nitrogen and oxygen atoms in total. The van der Waals surface area contributed by atoms with Crippen LogP contribution in [0.5, 0.6) is 0 Å². The van der Waals surface area contributed by atoms with Crippen molar-refractivity contribution < 1.29 is 13.2 Å². The number of anilines is 2. The molecule has 1 heterocycles. The number of sulfonamides is 1. The molecule has 1 aromatic rings. The fraction of sp³-hybridized carbons (Fsp3) is 0.417. The highest BCUT2D eigenvalue weighted by Crippen LogP contribution is 2.31. The maximum Gasteiger partial charge on any atom is 0.232 e. The quantitative estimate of drug-likeness (QED) is 0.896. The molecule has 0 radical (unpaired) electrons. The van der Waals surface area contributed by atoms with Gasteiger partial charge in [0.25, 0.3) is 0 Å². The maximum absolute atomic E-state index is 11.7. The molecule has 6 heteroatoms. The van der Waals surface area contributed by atoms with Gasteiger partial charge >= 0.3 is 0 Å². The molecular weight excluding hydrogens is 252 g/mol. The predicted molar refractivity (Wildman–Crippen MR) is 71.3 cm³/mol. The van der Waals surface area contributed by atoms with Gasteiger partial charge in [-0.05, 0) is 37.6 Å². The van der Waals surface area contributed by atoms with Crippen LogP contribution in [0.1, 0.15) is 19.4 Å². The van der Waals surface area contributed by atoms with Crippen molar-refractivity contribution in [2.45, 2.75) is 20.3 Å². The first-order chi connectivity index (χ1) is 8.46. The summed E-state index contributed by atoms with van der Waals surface area (Å²) in [6, 6.07) is 5.21. The van der Waals surface area contributed by atoms with Crippen LogP contribution in [0.3, 0.4) is 0 Å². The van der Waals surface area contributed by atoms with Crippen molar-refractivity contribution in [3.63, 3.8) is 0 Å². The summed E-state index contributed by atoms with van der Waals surface area (Å²) in [7, 11) is -3.27. The number of hydrogen-bond donors (Lipinski definition) is 1. The molecule has 0 saturated heterocycles. The molecule has 1 aliphatic heterocycles. The van der Waals surface area contributed by atoms with E-state index in [-0.39, 0.29) is 11.7 Å². The molecule has 1 aromatic carbocycles. The second kappa shape index (κ2) is 4.61. The van der Waals surface area contributed by atoms with E-state index in [1.54, 1.807) is 30.0 Å². The summed E-state index contributed by atoms with van der Waals surface area (Å²) in [4.78, 5) is 13.4. The lowest BCUT2D eigenvalue weighted by molar-refractivity contribution is -0.117. The van der Waals surface area contributed by atoms with E-state index < -0.39 is 10.0 Å². The van der Waals surface area contributed by atoms with Crippen molar-refractivity contribution in [2.75, 3.05) is 21.9 Å². The average Bonchev–Trinajstić information content (AvgIpc) is 2.63. The van der Waals surface area contributed by atoms with Gasteiger partial charge < -0.3 is 4.90 Å². The smallest absolute Gasteiger partial charge is 0.232 e. The molecule has 1 amide bonds. The highest BCUT2D eigenvalue weighted by molar-refractivity contribution is 7.92. The van der Waals surface area contributed by atoms with Gasteiger partial charge in [0.05, 0.1) is 12.2 Å². The van der Waals surface area contributed by atoms with E-state index in [1.807, 2.05) is 6.92 Å². The molecule has 0 bridgehead atoms. The first-order valence-corrected chi connectivity index (χ1v) is 7.56. The Labute approximate surface area is 107 Å². The van der Waals surface area contributed by atoms with Gasteiger partial charge in [0, 0.05) is 17.9 Å². The van der Waals surface area contributed by atoms with Gasteiger partial charge in [-0.1, -0.05) is 0 Å². The highest BCUT2D eigenvalue weighted by atomic mass is 32.2. The zero-order chi connectivity index (χ0) is 13.3. The van der Waals surface area contributed by atoms with Crippen molar-refractivity contribution in [2.24, 2.45) is 0 Å². The van der Waals surface area contributed by atoms with Crippen molar-refractivity contribution >= 4 is 27.3 Å². The van der Waals surface area contributed by atoms with E-state index in [0.29, 0.717) is 18.7 Å². The summed E-state index contributed by atoms with van der Waals surface area (Å²) in [5.74, 6) is 0.0902. The Morgan fingerprint density at radius 3 is 2.67 bits per heavy atom. The molecule has 0 aromatic heterocycles. The number of fused-ring (bicyclic) bond motifs is 1. The highest BCUT2D eigenvalue weighted by Gasteiger charge is 2.26. The minimum Gasteiger partial charge on any atom is -0.312 e. The van der Waals surface area contributed by atoms with Gasteiger partial charge in [-0.2, -0.15) is 0 Å². The summed E-state index contributed by atoms with van der Waals surface area (Å²) in [6.07, 6.45) is 0.338. The van der Waals surface area contributed by atoms with Crippen LogP contribution in [-0.2, 0) is 21.2 Å². The number of amides is 1. The van der Waals surface area contributed by atoms with Crippen molar-refractivity contribution in [3.05, 3.63) is 23.8 Å². The van der Waals surface area contributed by atoms with Gasteiger partial charge in [0.2, 0.25) is 15.9 Å². The van der Waals surface area contributed by atoms with E-state index in [1.165, 1.54) is 0 Å². The fourth-order valence-corrected chi connectivity index (χ4v) is 2.68. The summed E-state index contributed by atoms with van der Waals surface area (Å²) in [6.45, 7) is 4.13. The zero-order valence-corrected chi connectivity index (χ0v) is 11.3. The molecule has 0 aliphatic carbocycles. The minimum absolute atomic E-state index is 0.0318. The van der Waals surface area contributed by atoms with Crippen LogP contribution in [0.15, 0.2) is 18.2 Å². The molecule has 2 rings (SSSR count). The Hall–Kier alpha value is -1.56. The van der Waals surface area contributed by atoms with Crippen LogP contribution >= 0.6 is 0 Å². The number of nitrogens with zero attached hydrogens (tertiary/aromatic N) is 1. The van der Waals surface area contributed by atoms with Crippen molar-refractivity contribution in [1.82, 2.24) is 0 Å². The monoisotopic (exact) mass is 268 g/mol. The second-order valence-corrected chi connectivity index (χ2v) is 6.17. The third-order valence-corrected chi connectivity index (χ3v) is 4.29. The minimum atomic E-state index is -3.27. The van der Waals surface area contributed by atoms with Crippen LogP contribution in [-0.4, -0.2) is 26.6 Å². The predicted octanol–water partition coefficient (Wildman–Crippen LogP) is 1.36. The Kier molecular flexibility index (Phi) is 3.30. The zero-order valence-electron chi connectivity index (χ0n) is 10.4. The van der Waals surface area contributed by atoms with Crippen LogP contribution < -0.4 is 9.62 Å². The number of rotatable bonds is 4. The van der Waals surface area contributed by atoms with E-state index in [4.69, 9.17) is 0 Å². The average molecular weight is 268 g/mol. The molecule has 1 N–H and O–H groups in total. The molecule has 18 heavy (non-hydrogen) atoms. The summed E-state index contributed by atoms with van der Waals surface area (Å²) in [5.41, 5.74) is 2.27. The SMILES string of the molecule is CCN1C(=O)Cc2cc(NS(=O)(=O)CC)ccc21. The number of hydrogen-bond acceptors (Lipinski definition) is 3. The molecule has 0 fully saturated rings. The Morgan fingerprint density at radius 1 is 1.33 bits per heavy atom. The van der Waals surface area contributed by atoms with Gasteiger partial charge in [-0.25, -0.2) is 8.42 Å². The Morgan fingerprint density at radius 2 is 2.06 bits per heavy atom. The Balaban J connectivity index is 2.31. The van der Waals surface area contributed by atoms with Crippen LogP contribution in [0.2, 0.25) is 0 Å². The van der Waals surface area contributed by atoms with Crippen LogP contribution in [0.25, 0.3) is 0 Å². The van der Waals surface area contributed by atoms with Crippen molar-refractivity contribution in [3.8, 4) is 0 Å². The Bertz CT molecular complexity index is 581. The number of carbonyl (C=O) groups excluding carboxylic acids is 1. The lowest BCUT2D eigenvalue weighted by atomic mass is 10.1. The van der Waals surface area contributed by atoms with Crippen LogP contribution in [0, 0.1) is 0 Å². The third kappa shape index (κ3) is 2.33. The van der Waals surface area contributed by atoms with E-state index in [2.05, 4.69) is 4.72 Å². The van der Waals surface area contributed by atoms with Gasteiger partial charge in [-0.15, -0.1) is 0 Å². The largest absolute Gasteiger partial charge is 0.312 e. The molecule has 1 aliphatic rings. The first-order valence-electron chi connectivity index (χ1n) is 5.90. The maximum atomic E-state index is 11.7. The lowest BCUT2D eigenvalue weighted by Gasteiger charge is -2.15. The fourth-order valence-electron chi connectivity index (χ4n) is 2.05.